The minimum atomic E-state index is -1.05. The maximum absolute atomic E-state index is 15.6. The highest BCUT2D eigenvalue weighted by atomic mass is 19.1. The summed E-state index contributed by atoms with van der Waals surface area (Å²) in [4.78, 5) is 35.1. The quantitative estimate of drug-likeness (QED) is 0.203. The van der Waals surface area contributed by atoms with Crippen molar-refractivity contribution in [2.45, 2.75) is 52.3 Å². The molecule has 1 fully saturated rings. The van der Waals surface area contributed by atoms with Crippen LogP contribution in [0.4, 0.5) is 8.78 Å². The molecule has 1 N–H and O–H groups in total. The molecule has 0 bridgehead atoms. The number of aromatic nitrogens is 3. The number of ether oxygens (including phenoxy) is 1. The van der Waals surface area contributed by atoms with Crippen LogP contribution in [0.1, 0.15) is 52.6 Å². The van der Waals surface area contributed by atoms with E-state index >= 15 is 4.39 Å². The first kappa shape index (κ1) is 29.9. The highest BCUT2D eigenvalue weighted by molar-refractivity contribution is 5.92. The molecule has 1 aliphatic heterocycles. The van der Waals surface area contributed by atoms with E-state index in [1.165, 1.54) is 18.2 Å². The first-order valence-electron chi connectivity index (χ1n) is 14.8. The minimum absolute atomic E-state index is 0.00978. The minimum Gasteiger partial charge on any atom is -0.478 e. The normalized spacial score (nSPS) is 14.7. The van der Waals surface area contributed by atoms with Gasteiger partial charge in [-0.2, -0.15) is 0 Å². The van der Waals surface area contributed by atoms with Crippen LogP contribution in [-0.4, -0.2) is 49.0 Å². The van der Waals surface area contributed by atoms with Crippen LogP contribution in [0.25, 0.3) is 22.3 Å². The lowest BCUT2D eigenvalue weighted by molar-refractivity contribution is -0.129. The van der Waals surface area contributed by atoms with Crippen LogP contribution >= 0.6 is 0 Å². The second-order valence-corrected chi connectivity index (χ2v) is 11.4. The fraction of sp³-hybridized carbons (Fsp3) is 0.257. The topological polar surface area (TPSA) is 97.5 Å². The Bertz CT molecular complexity index is 1920. The van der Waals surface area contributed by atoms with E-state index in [-0.39, 0.29) is 42.2 Å². The molecule has 45 heavy (non-hydrogen) atoms. The SMILES string of the molecule is CC(=O)N1CCC[C@@H]1Cn1c(Cc2ccc(-c3cccc(OCc4ccc(C)cc4F)n3)cc2F)nc2ccc(C(=O)O)cc21. The van der Waals surface area contributed by atoms with E-state index in [1.807, 2.05) is 22.5 Å². The van der Waals surface area contributed by atoms with Gasteiger partial charge in [0, 0.05) is 49.7 Å². The lowest BCUT2D eigenvalue weighted by atomic mass is 10.1. The lowest BCUT2D eigenvalue weighted by Crippen LogP contribution is -2.36. The van der Waals surface area contributed by atoms with Gasteiger partial charge < -0.3 is 19.3 Å². The molecule has 0 saturated carbocycles. The van der Waals surface area contributed by atoms with Crippen molar-refractivity contribution >= 4 is 22.9 Å². The third kappa shape index (κ3) is 6.40. The van der Waals surface area contributed by atoms with Crippen LogP contribution in [0.15, 0.2) is 72.8 Å². The molecule has 1 aliphatic rings. The zero-order valence-corrected chi connectivity index (χ0v) is 25.0. The number of carboxylic acids is 1. The van der Waals surface area contributed by atoms with Crippen molar-refractivity contribution in [3.8, 4) is 17.1 Å². The zero-order chi connectivity index (χ0) is 31.7. The Morgan fingerprint density at radius 2 is 1.78 bits per heavy atom. The lowest BCUT2D eigenvalue weighted by Gasteiger charge is -2.25. The average molecular weight is 611 g/mol. The van der Waals surface area contributed by atoms with Gasteiger partial charge in [0.25, 0.3) is 0 Å². The van der Waals surface area contributed by atoms with E-state index in [0.29, 0.717) is 52.3 Å². The fourth-order valence-corrected chi connectivity index (χ4v) is 5.89. The van der Waals surface area contributed by atoms with Crippen LogP contribution in [0.2, 0.25) is 0 Å². The summed E-state index contributed by atoms with van der Waals surface area (Å²) in [6.45, 7) is 4.47. The van der Waals surface area contributed by atoms with Gasteiger partial charge >= 0.3 is 5.97 Å². The number of carbonyl (C=O) groups excluding carboxylic acids is 1. The summed E-state index contributed by atoms with van der Waals surface area (Å²) in [5.74, 6) is -0.993. The number of imidazole rings is 1. The number of amides is 1. The van der Waals surface area contributed by atoms with E-state index < -0.39 is 11.8 Å². The second kappa shape index (κ2) is 12.5. The van der Waals surface area contributed by atoms with Crippen molar-refractivity contribution in [2.75, 3.05) is 6.54 Å². The third-order valence-corrected chi connectivity index (χ3v) is 8.25. The number of fused-ring (bicyclic) bond motifs is 1. The molecule has 5 aromatic rings. The highest BCUT2D eigenvalue weighted by Gasteiger charge is 2.28. The first-order valence-corrected chi connectivity index (χ1v) is 14.8. The Morgan fingerprint density at radius 1 is 0.978 bits per heavy atom. The molecular weight excluding hydrogens is 578 g/mol. The maximum Gasteiger partial charge on any atom is 0.335 e. The smallest absolute Gasteiger partial charge is 0.335 e. The standard InChI is InChI=1S/C35H32F2N4O4/c1-21-8-9-26(28(36)15-21)20-45-34-7-3-6-30(39-34)24-11-10-23(29(37)16-24)18-33-38-31-13-12-25(35(43)44)17-32(31)41(33)19-27-5-4-14-40(27)22(2)42/h3,6-13,15-17,27H,4-5,14,18-20H2,1-2H3,(H,43,44)/t27-/m1/s1. The maximum atomic E-state index is 15.6. The number of pyridine rings is 1. The highest BCUT2D eigenvalue weighted by Crippen LogP contribution is 2.28. The fourth-order valence-electron chi connectivity index (χ4n) is 5.89. The second-order valence-electron chi connectivity index (χ2n) is 11.4. The number of aryl methyl sites for hydroxylation is 1. The van der Waals surface area contributed by atoms with Gasteiger partial charge in [0.1, 0.15) is 24.1 Å². The molecular formula is C35H32F2N4O4. The van der Waals surface area contributed by atoms with Gasteiger partial charge in [-0.25, -0.2) is 23.5 Å². The number of hydrogen-bond acceptors (Lipinski definition) is 5. The molecule has 0 unspecified atom stereocenters. The van der Waals surface area contributed by atoms with Gasteiger partial charge in [-0.1, -0.05) is 30.3 Å². The molecule has 8 nitrogen and oxygen atoms in total. The molecule has 1 atom stereocenters. The van der Waals surface area contributed by atoms with Gasteiger partial charge in [0.2, 0.25) is 11.8 Å². The van der Waals surface area contributed by atoms with E-state index in [1.54, 1.807) is 55.5 Å². The molecule has 6 rings (SSSR count). The van der Waals surface area contributed by atoms with E-state index in [4.69, 9.17) is 9.72 Å². The summed E-state index contributed by atoms with van der Waals surface area (Å²) < 4.78 is 37.5. The molecule has 0 aliphatic carbocycles. The number of nitrogens with zero attached hydrogens (tertiary/aromatic N) is 4. The van der Waals surface area contributed by atoms with Crippen LogP contribution in [0, 0.1) is 18.6 Å². The zero-order valence-electron chi connectivity index (χ0n) is 25.0. The molecule has 1 saturated heterocycles. The third-order valence-electron chi connectivity index (χ3n) is 8.25. The summed E-state index contributed by atoms with van der Waals surface area (Å²) in [6, 6.07) is 19.6. The molecule has 2 aromatic heterocycles. The van der Waals surface area contributed by atoms with Crippen molar-refractivity contribution in [3.05, 3.63) is 113 Å². The summed E-state index contributed by atoms with van der Waals surface area (Å²) in [5, 5.41) is 9.59. The van der Waals surface area contributed by atoms with Crippen molar-refractivity contribution in [1.29, 1.82) is 0 Å². The van der Waals surface area contributed by atoms with Crippen LogP contribution < -0.4 is 4.74 Å². The van der Waals surface area contributed by atoms with Crippen molar-refractivity contribution in [3.63, 3.8) is 0 Å². The van der Waals surface area contributed by atoms with Crippen molar-refractivity contribution in [2.24, 2.45) is 0 Å². The largest absolute Gasteiger partial charge is 0.478 e. The van der Waals surface area contributed by atoms with Gasteiger partial charge in [-0.15, -0.1) is 0 Å². The van der Waals surface area contributed by atoms with E-state index in [0.717, 1.165) is 18.4 Å². The first-order chi connectivity index (χ1) is 21.7. The number of rotatable bonds is 9. The molecule has 1 amide bonds. The summed E-state index contributed by atoms with van der Waals surface area (Å²) in [7, 11) is 0. The van der Waals surface area contributed by atoms with Gasteiger partial charge in [0.05, 0.1) is 22.3 Å². The number of aromatic carboxylic acids is 1. The monoisotopic (exact) mass is 610 g/mol. The number of carbonyl (C=O) groups is 2. The van der Waals surface area contributed by atoms with E-state index in [9.17, 15) is 19.1 Å². The summed E-state index contributed by atoms with van der Waals surface area (Å²) in [5.41, 5.74) is 4.05. The Hall–Kier alpha value is -5.12. The number of benzene rings is 3. The Kier molecular flexibility index (Phi) is 8.30. The molecule has 3 aromatic carbocycles. The Morgan fingerprint density at radius 3 is 2.53 bits per heavy atom. The molecule has 0 radical (unpaired) electrons. The molecule has 0 spiro atoms. The summed E-state index contributed by atoms with van der Waals surface area (Å²) >= 11 is 0. The van der Waals surface area contributed by atoms with E-state index in [2.05, 4.69) is 4.98 Å². The van der Waals surface area contributed by atoms with Crippen LogP contribution in [-0.2, 0) is 24.4 Å². The molecule has 230 valence electrons. The van der Waals surface area contributed by atoms with Gasteiger partial charge in [-0.3, -0.25) is 4.79 Å². The van der Waals surface area contributed by atoms with Crippen molar-refractivity contribution < 1.29 is 28.2 Å². The van der Waals surface area contributed by atoms with Gasteiger partial charge in [-0.05, 0) is 67.3 Å². The van der Waals surface area contributed by atoms with Crippen molar-refractivity contribution in [1.82, 2.24) is 19.4 Å². The van der Waals surface area contributed by atoms with Gasteiger partial charge in [0.15, 0.2) is 0 Å². The number of carboxylic acid groups (broad SMARTS) is 1. The number of likely N-dealkylation sites (tertiary alicyclic amines) is 1. The predicted octanol–water partition coefficient (Wildman–Crippen LogP) is 6.56. The Labute approximate surface area is 258 Å². The number of halogens is 2. The molecule has 10 heteroatoms. The number of hydrogen-bond donors (Lipinski definition) is 1. The molecule has 3 heterocycles. The van der Waals surface area contributed by atoms with Crippen LogP contribution in [0.5, 0.6) is 5.88 Å². The Balaban J connectivity index is 1.26. The summed E-state index contributed by atoms with van der Waals surface area (Å²) in [6.07, 6.45) is 1.86. The van der Waals surface area contributed by atoms with Crippen LogP contribution in [0.3, 0.4) is 0 Å². The average Bonchev–Trinajstić information content (AvgIpc) is 3.62. The predicted molar refractivity (Wildman–Crippen MR) is 165 cm³/mol.